The third kappa shape index (κ3) is 4.34. The normalized spacial score (nSPS) is 16.8. The molecular formula is C20H26N2O. The van der Waals surface area contributed by atoms with Gasteiger partial charge in [0, 0.05) is 24.7 Å². The number of phenolic OH excluding ortho intramolecular Hbond substituents is 1. The summed E-state index contributed by atoms with van der Waals surface area (Å²) in [5.41, 5.74) is 2.41. The Bertz CT molecular complexity index is 606. The highest BCUT2D eigenvalue weighted by Gasteiger charge is 2.22. The first-order chi connectivity index (χ1) is 11.2. The average molecular weight is 310 g/mol. The van der Waals surface area contributed by atoms with E-state index in [-0.39, 0.29) is 0 Å². The van der Waals surface area contributed by atoms with Gasteiger partial charge < -0.3 is 5.11 Å². The second kappa shape index (κ2) is 7.62. The minimum Gasteiger partial charge on any atom is -0.508 e. The molecule has 1 fully saturated rings. The predicted molar refractivity (Wildman–Crippen MR) is 94.3 cm³/mol. The summed E-state index contributed by atoms with van der Waals surface area (Å²) in [6.45, 7) is 4.15. The second-order valence-electron chi connectivity index (χ2n) is 6.54. The molecule has 1 aliphatic rings. The molecule has 23 heavy (non-hydrogen) atoms. The summed E-state index contributed by atoms with van der Waals surface area (Å²) < 4.78 is 0. The van der Waals surface area contributed by atoms with Crippen LogP contribution < -0.4 is 0 Å². The van der Waals surface area contributed by atoms with Crippen LogP contribution in [0.4, 0.5) is 0 Å². The van der Waals surface area contributed by atoms with Gasteiger partial charge in [-0.3, -0.25) is 9.80 Å². The van der Waals surface area contributed by atoms with Crippen molar-refractivity contribution in [1.29, 1.82) is 0 Å². The van der Waals surface area contributed by atoms with E-state index < -0.39 is 0 Å². The maximum absolute atomic E-state index is 9.93. The summed E-state index contributed by atoms with van der Waals surface area (Å²) in [6, 6.07) is 19.0. The number of likely N-dealkylation sites (tertiary alicyclic amines) is 1. The molecule has 3 rings (SSSR count). The number of rotatable bonds is 5. The van der Waals surface area contributed by atoms with Gasteiger partial charge in [0.05, 0.1) is 0 Å². The van der Waals surface area contributed by atoms with Crippen molar-refractivity contribution >= 4 is 0 Å². The highest BCUT2D eigenvalue weighted by molar-refractivity contribution is 5.31. The number of hydrogen-bond acceptors (Lipinski definition) is 3. The van der Waals surface area contributed by atoms with Crippen LogP contribution in [0.15, 0.2) is 54.6 Å². The van der Waals surface area contributed by atoms with E-state index in [9.17, 15) is 5.11 Å². The van der Waals surface area contributed by atoms with Gasteiger partial charge in [-0.05, 0) is 44.6 Å². The third-order valence-electron chi connectivity index (χ3n) is 4.84. The SMILES string of the molecule is CN(Cc1ccccc1O)C1CCN(Cc2ccccc2)CC1. The molecule has 122 valence electrons. The van der Waals surface area contributed by atoms with E-state index >= 15 is 0 Å². The lowest BCUT2D eigenvalue weighted by atomic mass is 10.0. The van der Waals surface area contributed by atoms with Crippen LogP contribution in [0.3, 0.4) is 0 Å². The van der Waals surface area contributed by atoms with E-state index in [0.29, 0.717) is 11.8 Å². The Balaban J connectivity index is 1.49. The fourth-order valence-corrected chi connectivity index (χ4v) is 3.40. The Morgan fingerprint density at radius 3 is 2.35 bits per heavy atom. The highest BCUT2D eigenvalue weighted by atomic mass is 16.3. The van der Waals surface area contributed by atoms with Crippen molar-refractivity contribution in [2.24, 2.45) is 0 Å². The second-order valence-corrected chi connectivity index (χ2v) is 6.54. The van der Waals surface area contributed by atoms with Gasteiger partial charge >= 0.3 is 0 Å². The number of benzene rings is 2. The van der Waals surface area contributed by atoms with Crippen molar-refractivity contribution in [1.82, 2.24) is 9.80 Å². The van der Waals surface area contributed by atoms with Gasteiger partial charge in [-0.15, -0.1) is 0 Å². The molecule has 1 aliphatic heterocycles. The minimum atomic E-state index is 0.404. The lowest BCUT2D eigenvalue weighted by Crippen LogP contribution is -2.42. The number of para-hydroxylation sites is 1. The Labute approximate surface area is 139 Å². The van der Waals surface area contributed by atoms with Crippen LogP contribution in [0.25, 0.3) is 0 Å². The summed E-state index contributed by atoms with van der Waals surface area (Å²) in [7, 11) is 2.17. The predicted octanol–water partition coefficient (Wildman–Crippen LogP) is 3.49. The molecule has 0 radical (unpaired) electrons. The molecule has 0 aliphatic carbocycles. The molecule has 3 heteroatoms. The monoisotopic (exact) mass is 310 g/mol. The van der Waals surface area contributed by atoms with Crippen LogP contribution in [-0.4, -0.2) is 41.1 Å². The Kier molecular flexibility index (Phi) is 5.31. The fourth-order valence-electron chi connectivity index (χ4n) is 3.40. The number of hydrogen-bond donors (Lipinski definition) is 1. The summed E-state index contributed by atoms with van der Waals surface area (Å²) in [6.07, 6.45) is 2.38. The molecule has 0 saturated carbocycles. The van der Waals surface area contributed by atoms with E-state index in [1.807, 2.05) is 18.2 Å². The molecule has 0 amide bonds. The first kappa shape index (κ1) is 16.0. The van der Waals surface area contributed by atoms with Gasteiger partial charge in [-0.25, -0.2) is 0 Å². The number of nitrogens with zero attached hydrogens (tertiary/aromatic N) is 2. The quantitative estimate of drug-likeness (QED) is 0.916. The van der Waals surface area contributed by atoms with Crippen LogP contribution in [0.2, 0.25) is 0 Å². The summed E-state index contributed by atoms with van der Waals surface area (Å²) in [5, 5.41) is 9.93. The van der Waals surface area contributed by atoms with Gasteiger partial charge in [0.1, 0.15) is 5.75 Å². The summed E-state index contributed by atoms with van der Waals surface area (Å²) in [5.74, 6) is 0.404. The molecule has 2 aromatic rings. The standard InChI is InChI=1S/C20H26N2O/c1-21(16-18-9-5-6-10-20(18)23)19-11-13-22(14-12-19)15-17-7-3-2-4-8-17/h2-10,19,23H,11-16H2,1H3. The molecule has 0 atom stereocenters. The maximum atomic E-state index is 9.93. The van der Waals surface area contributed by atoms with Gasteiger partial charge in [0.2, 0.25) is 0 Å². The van der Waals surface area contributed by atoms with Gasteiger partial charge in [0.15, 0.2) is 0 Å². The van der Waals surface area contributed by atoms with Gasteiger partial charge in [-0.1, -0.05) is 48.5 Å². The molecule has 0 aromatic heterocycles. The highest BCUT2D eigenvalue weighted by Crippen LogP contribution is 2.22. The molecule has 0 bridgehead atoms. The van der Waals surface area contributed by atoms with Crippen LogP contribution in [-0.2, 0) is 13.1 Å². The van der Waals surface area contributed by atoms with E-state index in [1.165, 1.54) is 18.4 Å². The zero-order valence-corrected chi connectivity index (χ0v) is 13.9. The lowest BCUT2D eigenvalue weighted by molar-refractivity contribution is 0.118. The van der Waals surface area contributed by atoms with Gasteiger partial charge in [-0.2, -0.15) is 0 Å². The molecule has 0 spiro atoms. The Morgan fingerprint density at radius 1 is 1.00 bits per heavy atom. The van der Waals surface area contributed by atoms with Crippen molar-refractivity contribution in [2.45, 2.75) is 32.0 Å². The van der Waals surface area contributed by atoms with Crippen LogP contribution >= 0.6 is 0 Å². The molecular weight excluding hydrogens is 284 g/mol. The summed E-state index contributed by atoms with van der Waals surface area (Å²) in [4.78, 5) is 4.93. The van der Waals surface area contributed by atoms with Crippen molar-refractivity contribution in [2.75, 3.05) is 20.1 Å². The molecule has 2 aromatic carbocycles. The third-order valence-corrected chi connectivity index (χ3v) is 4.84. The lowest BCUT2D eigenvalue weighted by Gasteiger charge is -2.37. The summed E-state index contributed by atoms with van der Waals surface area (Å²) >= 11 is 0. The first-order valence-corrected chi connectivity index (χ1v) is 8.46. The molecule has 0 unspecified atom stereocenters. The van der Waals surface area contributed by atoms with Crippen molar-refractivity contribution < 1.29 is 5.11 Å². The number of phenols is 1. The van der Waals surface area contributed by atoms with Crippen molar-refractivity contribution in [3.63, 3.8) is 0 Å². The molecule has 1 saturated heterocycles. The van der Waals surface area contributed by atoms with Crippen molar-refractivity contribution in [3.05, 3.63) is 65.7 Å². The van der Waals surface area contributed by atoms with Crippen molar-refractivity contribution in [3.8, 4) is 5.75 Å². The zero-order valence-electron chi connectivity index (χ0n) is 13.9. The molecule has 1 N–H and O–H groups in total. The maximum Gasteiger partial charge on any atom is 0.120 e. The first-order valence-electron chi connectivity index (χ1n) is 8.46. The Morgan fingerprint density at radius 2 is 1.65 bits per heavy atom. The van der Waals surface area contributed by atoms with Gasteiger partial charge in [0.25, 0.3) is 0 Å². The molecule has 3 nitrogen and oxygen atoms in total. The van der Waals surface area contributed by atoms with E-state index in [4.69, 9.17) is 0 Å². The van der Waals surface area contributed by atoms with Crippen LogP contribution in [0.1, 0.15) is 24.0 Å². The number of piperidine rings is 1. The topological polar surface area (TPSA) is 26.7 Å². The fraction of sp³-hybridized carbons (Fsp3) is 0.400. The zero-order chi connectivity index (χ0) is 16.1. The largest absolute Gasteiger partial charge is 0.508 e. The van der Waals surface area contributed by atoms with E-state index in [1.54, 1.807) is 6.07 Å². The van der Waals surface area contributed by atoms with Crippen LogP contribution in [0, 0.1) is 0 Å². The molecule has 1 heterocycles. The smallest absolute Gasteiger partial charge is 0.120 e. The van der Waals surface area contributed by atoms with E-state index in [2.05, 4.69) is 47.2 Å². The number of aromatic hydroxyl groups is 1. The van der Waals surface area contributed by atoms with E-state index in [0.717, 1.165) is 31.7 Å². The average Bonchev–Trinajstić information content (AvgIpc) is 2.58. The Hall–Kier alpha value is -1.84. The van der Waals surface area contributed by atoms with Crippen LogP contribution in [0.5, 0.6) is 5.75 Å². The minimum absolute atomic E-state index is 0.404.